The zero-order valence-corrected chi connectivity index (χ0v) is 13.6. The Kier molecular flexibility index (Phi) is 6.09. The van der Waals surface area contributed by atoms with Crippen molar-refractivity contribution in [2.45, 2.75) is 18.7 Å². The highest BCUT2D eigenvalue weighted by Gasteiger charge is 2.27. The number of rotatable bonds is 6. The number of benzene rings is 1. The molecule has 0 saturated heterocycles. The Morgan fingerprint density at radius 2 is 2.05 bits per heavy atom. The highest BCUT2D eigenvalue weighted by atomic mass is 79.9. The van der Waals surface area contributed by atoms with E-state index in [-0.39, 0.29) is 13.1 Å². The molecule has 0 saturated carbocycles. The summed E-state index contributed by atoms with van der Waals surface area (Å²) in [7, 11) is -4.04. The Hall–Kier alpha value is -0.990. The normalized spacial score (nSPS) is 11.7. The van der Waals surface area contributed by atoms with Crippen LogP contribution in [0, 0.1) is 5.82 Å². The van der Waals surface area contributed by atoms with E-state index in [1.165, 1.54) is 12.1 Å². The molecule has 0 aromatic heterocycles. The third-order valence-corrected chi connectivity index (χ3v) is 5.01. The molecule has 0 aliphatic carbocycles. The van der Waals surface area contributed by atoms with Gasteiger partial charge in [-0.25, -0.2) is 12.8 Å². The third kappa shape index (κ3) is 4.00. The first-order chi connectivity index (χ1) is 9.32. The molecule has 0 bridgehead atoms. The van der Waals surface area contributed by atoms with Crippen LogP contribution >= 0.6 is 15.9 Å². The van der Waals surface area contributed by atoms with Gasteiger partial charge < -0.3 is 5.32 Å². The fraction of sp³-hybridized carbons (Fsp3) is 0.417. The predicted molar refractivity (Wildman–Crippen MR) is 77.2 cm³/mol. The number of nitrogens with zero attached hydrogens (tertiary/aromatic N) is 1. The van der Waals surface area contributed by atoms with Gasteiger partial charge in [-0.05, 0) is 25.1 Å². The monoisotopic (exact) mass is 366 g/mol. The van der Waals surface area contributed by atoms with Crippen LogP contribution in [0.1, 0.15) is 13.8 Å². The Morgan fingerprint density at radius 1 is 1.40 bits per heavy atom. The van der Waals surface area contributed by atoms with E-state index in [2.05, 4.69) is 21.2 Å². The Bertz CT molecular complexity index is 592. The quantitative estimate of drug-likeness (QED) is 0.833. The van der Waals surface area contributed by atoms with E-state index in [4.69, 9.17) is 0 Å². The van der Waals surface area contributed by atoms with Crippen molar-refractivity contribution in [3.05, 3.63) is 28.5 Å². The summed E-state index contributed by atoms with van der Waals surface area (Å²) in [5.41, 5.74) is 0. The lowest BCUT2D eigenvalue weighted by molar-refractivity contribution is -0.121. The van der Waals surface area contributed by atoms with Crippen molar-refractivity contribution in [3.8, 4) is 0 Å². The molecule has 1 N–H and O–H groups in total. The van der Waals surface area contributed by atoms with Gasteiger partial charge in [0, 0.05) is 17.6 Å². The van der Waals surface area contributed by atoms with Crippen molar-refractivity contribution in [2.75, 3.05) is 19.6 Å². The summed E-state index contributed by atoms with van der Waals surface area (Å²) in [5, 5.41) is 2.51. The minimum atomic E-state index is -4.04. The summed E-state index contributed by atoms with van der Waals surface area (Å²) in [6.45, 7) is 3.48. The zero-order chi connectivity index (χ0) is 15.3. The number of amides is 1. The van der Waals surface area contributed by atoms with Crippen LogP contribution in [0.5, 0.6) is 0 Å². The topological polar surface area (TPSA) is 66.5 Å². The summed E-state index contributed by atoms with van der Waals surface area (Å²) in [5.74, 6) is -1.27. The minimum absolute atomic E-state index is 0.0783. The Morgan fingerprint density at radius 3 is 2.55 bits per heavy atom. The number of sulfonamides is 1. The maximum Gasteiger partial charge on any atom is 0.246 e. The summed E-state index contributed by atoms with van der Waals surface area (Å²) in [6.07, 6.45) is 0. The molecule has 8 heteroatoms. The molecule has 1 rings (SSSR count). The molecule has 0 fully saturated rings. The number of nitrogens with one attached hydrogen (secondary N) is 1. The van der Waals surface area contributed by atoms with Gasteiger partial charge in [0.25, 0.3) is 0 Å². The van der Waals surface area contributed by atoms with Crippen molar-refractivity contribution in [2.24, 2.45) is 0 Å². The molecule has 20 heavy (non-hydrogen) atoms. The van der Waals surface area contributed by atoms with Crippen LogP contribution in [-0.4, -0.2) is 38.3 Å². The fourth-order valence-electron chi connectivity index (χ4n) is 1.60. The fourth-order valence-corrected chi connectivity index (χ4v) is 3.39. The smallest absolute Gasteiger partial charge is 0.246 e. The van der Waals surface area contributed by atoms with E-state index < -0.39 is 26.6 Å². The molecule has 1 aromatic rings. The summed E-state index contributed by atoms with van der Waals surface area (Å²) >= 11 is 3.07. The van der Waals surface area contributed by atoms with Gasteiger partial charge in [0.1, 0.15) is 10.7 Å². The van der Waals surface area contributed by atoms with Crippen LogP contribution < -0.4 is 5.32 Å². The number of halogens is 2. The van der Waals surface area contributed by atoms with Gasteiger partial charge in [-0.15, -0.1) is 0 Å². The molecule has 0 aliphatic heterocycles. The van der Waals surface area contributed by atoms with Crippen LogP contribution in [0.2, 0.25) is 0 Å². The van der Waals surface area contributed by atoms with Gasteiger partial charge in [0.15, 0.2) is 0 Å². The van der Waals surface area contributed by atoms with Crippen molar-refractivity contribution in [3.63, 3.8) is 0 Å². The van der Waals surface area contributed by atoms with Gasteiger partial charge >= 0.3 is 0 Å². The maximum absolute atomic E-state index is 13.8. The molecule has 0 heterocycles. The SMILES string of the molecule is CCNC(=O)CN(CC)S(=O)(=O)c1ccc(Br)cc1F. The molecule has 0 spiro atoms. The standard InChI is InChI=1S/C12H16BrFN2O3S/c1-3-15-12(17)8-16(4-2)20(18,19)11-6-5-9(13)7-10(11)14/h5-7H,3-4,8H2,1-2H3,(H,15,17). The van der Waals surface area contributed by atoms with Crippen LogP contribution in [0.4, 0.5) is 4.39 Å². The van der Waals surface area contributed by atoms with Crippen LogP contribution in [0.3, 0.4) is 0 Å². The predicted octanol–water partition coefficient (Wildman–Crippen LogP) is 1.73. The van der Waals surface area contributed by atoms with Gasteiger partial charge in [-0.1, -0.05) is 22.9 Å². The second-order valence-electron chi connectivity index (χ2n) is 3.96. The highest BCUT2D eigenvalue weighted by molar-refractivity contribution is 9.10. The molecule has 1 amide bonds. The van der Waals surface area contributed by atoms with E-state index >= 15 is 0 Å². The third-order valence-electron chi connectivity index (χ3n) is 2.56. The first-order valence-electron chi connectivity index (χ1n) is 6.04. The molecule has 0 atom stereocenters. The van der Waals surface area contributed by atoms with E-state index in [0.717, 1.165) is 10.4 Å². The first kappa shape index (κ1) is 17.1. The van der Waals surface area contributed by atoms with Crippen molar-refractivity contribution in [1.29, 1.82) is 0 Å². The minimum Gasteiger partial charge on any atom is -0.355 e. The molecular formula is C12H16BrFN2O3S. The van der Waals surface area contributed by atoms with Crippen molar-refractivity contribution in [1.82, 2.24) is 9.62 Å². The maximum atomic E-state index is 13.8. The summed E-state index contributed by atoms with van der Waals surface area (Å²) in [6, 6.07) is 3.69. The summed E-state index contributed by atoms with van der Waals surface area (Å²) < 4.78 is 39.8. The van der Waals surface area contributed by atoms with Crippen LogP contribution in [-0.2, 0) is 14.8 Å². The Labute approximate surface area is 126 Å². The van der Waals surface area contributed by atoms with Crippen LogP contribution in [0.15, 0.2) is 27.6 Å². The molecule has 0 unspecified atom stereocenters. The zero-order valence-electron chi connectivity index (χ0n) is 11.2. The lowest BCUT2D eigenvalue weighted by atomic mass is 10.3. The van der Waals surface area contributed by atoms with E-state index in [0.29, 0.717) is 11.0 Å². The van der Waals surface area contributed by atoms with Gasteiger partial charge in [-0.2, -0.15) is 4.31 Å². The molecular weight excluding hydrogens is 351 g/mol. The van der Waals surface area contributed by atoms with Gasteiger partial charge in [0.05, 0.1) is 6.54 Å². The number of carbonyl (C=O) groups excluding carboxylic acids is 1. The van der Waals surface area contributed by atoms with Crippen LogP contribution in [0.25, 0.3) is 0 Å². The summed E-state index contributed by atoms with van der Waals surface area (Å²) in [4.78, 5) is 11.1. The second-order valence-corrected chi connectivity index (χ2v) is 6.78. The first-order valence-corrected chi connectivity index (χ1v) is 8.28. The molecule has 5 nitrogen and oxygen atoms in total. The number of hydrogen-bond acceptors (Lipinski definition) is 3. The highest BCUT2D eigenvalue weighted by Crippen LogP contribution is 2.22. The van der Waals surface area contributed by atoms with E-state index in [1.807, 2.05) is 0 Å². The van der Waals surface area contributed by atoms with Crippen molar-refractivity contribution < 1.29 is 17.6 Å². The molecule has 1 aromatic carbocycles. The average Bonchev–Trinajstić information content (AvgIpc) is 2.35. The van der Waals surface area contributed by atoms with Crippen molar-refractivity contribution >= 4 is 31.9 Å². The number of carbonyl (C=O) groups is 1. The lowest BCUT2D eigenvalue weighted by Crippen LogP contribution is -2.40. The largest absolute Gasteiger partial charge is 0.355 e. The van der Waals surface area contributed by atoms with Gasteiger partial charge in [-0.3, -0.25) is 4.79 Å². The van der Waals surface area contributed by atoms with Gasteiger partial charge in [0.2, 0.25) is 15.9 Å². The molecule has 0 radical (unpaired) electrons. The van der Waals surface area contributed by atoms with E-state index in [1.54, 1.807) is 13.8 Å². The second kappa shape index (κ2) is 7.14. The van der Waals surface area contributed by atoms with E-state index in [9.17, 15) is 17.6 Å². The molecule has 112 valence electrons. The number of hydrogen-bond donors (Lipinski definition) is 1. The number of likely N-dealkylation sites (N-methyl/N-ethyl adjacent to an activating group) is 2. The average molecular weight is 367 g/mol. The molecule has 0 aliphatic rings. The Balaban J connectivity index is 3.09. The lowest BCUT2D eigenvalue weighted by Gasteiger charge is -2.20.